The second kappa shape index (κ2) is 5.78. The summed E-state index contributed by atoms with van der Waals surface area (Å²) < 4.78 is 5.42. The van der Waals surface area contributed by atoms with Gasteiger partial charge in [0.1, 0.15) is 6.33 Å². The fraction of sp³-hybridized carbons (Fsp3) is 0.636. The smallest absolute Gasteiger partial charge is 0.115 e. The lowest BCUT2D eigenvalue weighted by molar-refractivity contribution is 0.0547. The SMILES string of the molecule is c1cc(CNCC2CCCOC2)ncn1. The van der Waals surface area contributed by atoms with Gasteiger partial charge in [-0.2, -0.15) is 0 Å². The summed E-state index contributed by atoms with van der Waals surface area (Å²) in [7, 11) is 0. The first-order chi connectivity index (χ1) is 7.45. The Balaban J connectivity index is 1.66. The summed E-state index contributed by atoms with van der Waals surface area (Å²) >= 11 is 0. The largest absolute Gasteiger partial charge is 0.381 e. The minimum absolute atomic E-state index is 0.667. The fourth-order valence-electron chi connectivity index (χ4n) is 1.80. The van der Waals surface area contributed by atoms with Crippen molar-refractivity contribution in [1.82, 2.24) is 15.3 Å². The molecular formula is C11H17N3O. The monoisotopic (exact) mass is 207 g/mol. The van der Waals surface area contributed by atoms with Gasteiger partial charge in [-0.1, -0.05) is 0 Å². The zero-order valence-corrected chi connectivity index (χ0v) is 8.85. The number of ether oxygens (including phenoxy) is 1. The van der Waals surface area contributed by atoms with Gasteiger partial charge in [0, 0.05) is 25.9 Å². The average molecular weight is 207 g/mol. The van der Waals surface area contributed by atoms with Crippen molar-refractivity contribution in [2.75, 3.05) is 19.8 Å². The Morgan fingerprint density at radius 2 is 2.53 bits per heavy atom. The number of rotatable bonds is 4. The number of hydrogen-bond acceptors (Lipinski definition) is 4. The van der Waals surface area contributed by atoms with Crippen molar-refractivity contribution in [2.45, 2.75) is 19.4 Å². The van der Waals surface area contributed by atoms with Gasteiger partial charge in [-0.25, -0.2) is 9.97 Å². The van der Waals surface area contributed by atoms with E-state index in [2.05, 4.69) is 15.3 Å². The van der Waals surface area contributed by atoms with Gasteiger partial charge in [-0.15, -0.1) is 0 Å². The fourth-order valence-corrected chi connectivity index (χ4v) is 1.80. The number of nitrogens with one attached hydrogen (secondary N) is 1. The Bertz CT molecular complexity index is 272. The van der Waals surface area contributed by atoms with Crippen LogP contribution in [0.2, 0.25) is 0 Å². The molecule has 1 saturated heterocycles. The lowest BCUT2D eigenvalue weighted by Crippen LogP contribution is -2.29. The second-order valence-corrected chi connectivity index (χ2v) is 3.91. The Labute approximate surface area is 90.1 Å². The molecule has 1 atom stereocenters. The molecule has 0 amide bonds. The molecule has 1 aliphatic rings. The lowest BCUT2D eigenvalue weighted by Gasteiger charge is -2.22. The standard InChI is InChI=1S/C11H17N3O/c1-2-10(8-15-5-1)6-13-7-11-3-4-12-9-14-11/h3-4,9-10,13H,1-2,5-8H2. The minimum atomic E-state index is 0.667. The summed E-state index contributed by atoms with van der Waals surface area (Å²) in [5.41, 5.74) is 1.04. The molecule has 82 valence electrons. The molecule has 1 aliphatic heterocycles. The van der Waals surface area contributed by atoms with Crippen molar-refractivity contribution >= 4 is 0 Å². The van der Waals surface area contributed by atoms with Crippen LogP contribution in [0.3, 0.4) is 0 Å². The van der Waals surface area contributed by atoms with Crippen molar-refractivity contribution in [2.24, 2.45) is 5.92 Å². The van der Waals surface area contributed by atoms with Gasteiger partial charge in [-0.3, -0.25) is 0 Å². The molecule has 0 bridgehead atoms. The van der Waals surface area contributed by atoms with Crippen LogP contribution in [0, 0.1) is 5.92 Å². The Kier molecular flexibility index (Phi) is 4.05. The first kappa shape index (κ1) is 10.5. The Morgan fingerprint density at radius 3 is 3.27 bits per heavy atom. The predicted octanol–water partition coefficient (Wildman–Crippen LogP) is 0.993. The molecule has 2 heterocycles. The van der Waals surface area contributed by atoms with E-state index in [0.29, 0.717) is 5.92 Å². The van der Waals surface area contributed by atoms with Gasteiger partial charge in [0.15, 0.2) is 0 Å². The first-order valence-electron chi connectivity index (χ1n) is 5.48. The van der Waals surface area contributed by atoms with Crippen molar-refractivity contribution < 1.29 is 4.74 Å². The number of hydrogen-bond donors (Lipinski definition) is 1. The quantitative estimate of drug-likeness (QED) is 0.800. The normalized spacial score (nSPS) is 21.5. The maximum absolute atomic E-state index is 5.42. The Hall–Kier alpha value is -1.00. The highest BCUT2D eigenvalue weighted by molar-refractivity contribution is 4.96. The molecular weight excluding hydrogens is 190 g/mol. The minimum Gasteiger partial charge on any atom is -0.381 e. The summed E-state index contributed by atoms with van der Waals surface area (Å²) in [6.45, 7) is 3.67. The van der Waals surface area contributed by atoms with E-state index in [4.69, 9.17) is 4.74 Å². The molecule has 1 fully saturated rings. The van der Waals surface area contributed by atoms with Crippen molar-refractivity contribution in [3.8, 4) is 0 Å². The summed E-state index contributed by atoms with van der Waals surface area (Å²) in [4.78, 5) is 8.04. The van der Waals surface area contributed by atoms with Gasteiger partial charge >= 0.3 is 0 Å². The zero-order chi connectivity index (χ0) is 10.3. The molecule has 1 aromatic heterocycles. The van der Waals surface area contributed by atoms with Crippen LogP contribution in [0.15, 0.2) is 18.6 Å². The van der Waals surface area contributed by atoms with Gasteiger partial charge in [-0.05, 0) is 24.8 Å². The molecule has 15 heavy (non-hydrogen) atoms. The van der Waals surface area contributed by atoms with Crippen molar-refractivity contribution in [1.29, 1.82) is 0 Å². The van der Waals surface area contributed by atoms with E-state index in [0.717, 1.165) is 32.0 Å². The number of aromatic nitrogens is 2. The van der Waals surface area contributed by atoms with Crippen LogP contribution in [0.4, 0.5) is 0 Å². The second-order valence-electron chi connectivity index (χ2n) is 3.91. The van der Waals surface area contributed by atoms with E-state index in [-0.39, 0.29) is 0 Å². The van der Waals surface area contributed by atoms with Gasteiger partial charge < -0.3 is 10.1 Å². The van der Waals surface area contributed by atoms with Crippen LogP contribution < -0.4 is 5.32 Å². The third kappa shape index (κ3) is 3.57. The van der Waals surface area contributed by atoms with E-state index in [9.17, 15) is 0 Å². The van der Waals surface area contributed by atoms with Crippen molar-refractivity contribution in [3.05, 3.63) is 24.3 Å². The van der Waals surface area contributed by atoms with Gasteiger partial charge in [0.25, 0.3) is 0 Å². The summed E-state index contributed by atoms with van der Waals surface area (Å²) in [5.74, 6) is 0.667. The lowest BCUT2D eigenvalue weighted by atomic mass is 10.0. The summed E-state index contributed by atoms with van der Waals surface area (Å²) in [5, 5.41) is 3.40. The molecule has 0 aliphatic carbocycles. The average Bonchev–Trinajstić information content (AvgIpc) is 2.32. The molecule has 0 aromatic carbocycles. The molecule has 1 N–H and O–H groups in total. The van der Waals surface area contributed by atoms with Gasteiger partial charge in [0.2, 0.25) is 0 Å². The molecule has 0 radical (unpaired) electrons. The summed E-state index contributed by atoms with van der Waals surface area (Å²) in [6, 6.07) is 1.93. The first-order valence-corrected chi connectivity index (χ1v) is 5.48. The molecule has 0 saturated carbocycles. The zero-order valence-electron chi connectivity index (χ0n) is 8.85. The van der Waals surface area contributed by atoms with Crippen molar-refractivity contribution in [3.63, 3.8) is 0 Å². The molecule has 2 rings (SSSR count). The van der Waals surface area contributed by atoms with E-state index in [1.807, 2.05) is 6.07 Å². The Morgan fingerprint density at radius 1 is 1.53 bits per heavy atom. The van der Waals surface area contributed by atoms with E-state index >= 15 is 0 Å². The highest BCUT2D eigenvalue weighted by Crippen LogP contribution is 2.12. The third-order valence-electron chi connectivity index (χ3n) is 2.64. The molecule has 1 unspecified atom stereocenters. The highest BCUT2D eigenvalue weighted by atomic mass is 16.5. The maximum atomic E-state index is 5.42. The number of nitrogens with zero attached hydrogens (tertiary/aromatic N) is 2. The molecule has 0 spiro atoms. The van der Waals surface area contributed by atoms with Crippen LogP contribution >= 0.6 is 0 Å². The summed E-state index contributed by atoms with van der Waals surface area (Å²) in [6.07, 6.45) is 5.82. The third-order valence-corrected chi connectivity index (χ3v) is 2.64. The van der Waals surface area contributed by atoms with E-state index in [1.54, 1.807) is 12.5 Å². The van der Waals surface area contributed by atoms with E-state index in [1.165, 1.54) is 12.8 Å². The van der Waals surface area contributed by atoms with E-state index < -0.39 is 0 Å². The van der Waals surface area contributed by atoms with Crippen LogP contribution in [0.5, 0.6) is 0 Å². The van der Waals surface area contributed by atoms with Crippen LogP contribution in [0.25, 0.3) is 0 Å². The van der Waals surface area contributed by atoms with Crippen LogP contribution in [-0.4, -0.2) is 29.7 Å². The highest BCUT2D eigenvalue weighted by Gasteiger charge is 2.12. The molecule has 4 nitrogen and oxygen atoms in total. The molecule has 1 aromatic rings. The molecule has 4 heteroatoms. The van der Waals surface area contributed by atoms with Gasteiger partial charge in [0.05, 0.1) is 12.3 Å². The van der Waals surface area contributed by atoms with Crippen LogP contribution in [0.1, 0.15) is 18.5 Å². The maximum Gasteiger partial charge on any atom is 0.115 e. The van der Waals surface area contributed by atoms with Crippen LogP contribution in [-0.2, 0) is 11.3 Å². The predicted molar refractivity (Wildman–Crippen MR) is 57.3 cm³/mol. The topological polar surface area (TPSA) is 47.0 Å².